The molecule has 0 atom stereocenters. The Bertz CT molecular complexity index is 659. The number of hydrogen-bond donors (Lipinski definition) is 0. The van der Waals surface area contributed by atoms with Gasteiger partial charge in [-0.15, -0.1) is 0 Å². The lowest BCUT2D eigenvalue weighted by atomic mass is 10.2. The molecule has 0 saturated carbocycles. The Hall–Kier alpha value is -1.95. The van der Waals surface area contributed by atoms with Crippen molar-refractivity contribution in [1.82, 2.24) is 20.0 Å². The summed E-state index contributed by atoms with van der Waals surface area (Å²) < 4.78 is 5.31. The van der Waals surface area contributed by atoms with Crippen LogP contribution in [-0.4, -0.2) is 46.2 Å². The van der Waals surface area contributed by atoms with Crippen molar-refractivity contribution in [2.75, 3.05) is 31.1 Å². The van der Waals surface area contributed by atoms with Gasteiger partial charge in [0, 0.05) is 49.9 Å². The van der Waals surface area contributed by atoms with E-state index in [9.17, 15) is 0 Å². The lowest BCUT2D eigenvalue weighted by molar-refractivity contribution is 0.219. The summed E-state index contributed by atoms with van der Waals surface area (Å²) in [5.41, 5.74) is 1.98. The summed E-state index contributed by atoms with van der Waals surface area (Å²) in [6, 6.07) is 4.09. The van der Waals surface area contributed by atoms with Crippen LogP contribution in [0.1, 0.15) is 42.7 Å². The number of aryl methyl sites for hydroxylation is 2. The highest BCUT2D eigenvalue weighted by Crippen LogP contribution is 2.19. The van der Waals surface area contributed by atoms with Crippen LogP contribution in [0.25, 0.3) is 0 Å². The molecular formula is C17H25N5O. The zero-order valence-electron chi connectivity index (χ0n) is 14.4. The van der Waals surface area contributed by atoms with E-state index in [-0.39, 0.29) is 0 Å². The second kappa shape index (κ2) is 6.66. The lowest BCUT2D eigenvalue weighted by Crippen LogP contribution is -2.46. The number of piperazine rings is 1. The highest BCUT2D eigenvalue weighted by molar-refractivity contribution is 5.40. The number of anilines is 1. The van der Waals surface area contributed by atoms with Crippen LogP contribution in [0.4, 0.5) is 5.82 Å². The molecule has 3 heterocycles. The zero-order valence-corrected chi connectivity index (χ0v) is 14.4. The van der Waals surface area contributed by atoms with Crippen LogP contribution in [-0.2, 0) is 6.54 Å². The molecule has 0 radical (unpaired) electrons. The van der Waals surface area contributed by atoms with Crippen LogP contribution in [0.2, 0.25) is 0 Å². The second-order valence-corrected chi connectivity index (χ2v) is 6.58. The van der Waals surface area contributed by atoms with Crippen molar-refractivity contribution < 1.29 is 4.52 Å². The van der Waals surface area contributed by atoms with Gasteiger partial charge in [-0.1, -0.05) is 19.0 Å². The first-order valence-corrected chi connectivity index (χ1v) is 8.26. The molecule has 23 heavy (non-hydrogen) atoms. The third kappa shape index (κ3) is 3.88. The van der Waals surface area contributed by atoms with Crippen LogP contribution in [0.5, 0.6) is 0 Å². The van der Waals surface area contributed by atoms with Crippen LogP contribution in [0.3, 0.4) is 0 Å². The van der Waals surface area contributed by atoms with Gasteiger partial charge in [0.05, 0.1) is 12.2 Å². The maximum absolute atomic E-state index is 5.31. The number of rotatable bonds is 4. The van der Waals surface area contributed by atoms with Crippen molar-refractivity contribution >= 4 is 5.82 Å². The molecular weight excluding hydrogens is 290 g/mol. The molecule has 1 fully saturated rings. The van der Waals surface area contributed by atoms with Gasteiger partial charge in [0.25, 0.3) is 0 Å². The van der Waals surface area contributed by atoms with Crippen molar-refractivity contribution in [1.29, 1.82) is 0 Å². The van der Waals surface area contributed by atoms with E-state index >= 15 is 0 Å². The topological polar surface area (TPSA) is 58.3 Å². The zero-order chi connectivity index (χ0) is 16.4. The Labute approximate surface area is 137 Å². The van der Waals surface area contributed by atoms with Gasteiger partial charge in [-0.3, -0.25) is 4.90 Å². The van der Waals surface area contributed by atoms with Gasteiger partial charge in [-0.2, -0.15) is 0 Å². The molecule has 124 valence electrons. The van der Waals surface area contributed by atoms with Crippen LogP contribution >= 0.6 is 0 Å². The molecule has 6 nitrogen and oxygen atoms in total. The fourth-order valence-corrected chi connectivity index (χ4v) is 2.84. The molecule has 1 aliphatic rings. The molecule has 1 saturated heterocycles. The number of hydrogen-bond acceptors (Lipinski definition) is 6. The summed E-state index contributed by atoms with van der Waals surface area (Å²) in [6.07, 6.45) is 0. The van der Waals surface area contributed by atoms with E-state index in [4.69, 9.17) is 9.51 Å². The first-order valence-electron chi connectivity index (χ1n) is 8.26. The standard InChI is InChI=1S/C17H25N5O/c1-12(2)17-18-13(3)10-16(19-17)22-7-5-21(6-8-22)11-15-9-14(4)20-23-15/h9-10,12H,5-8,11H2,1-4H3. The monoisotopic (exact) mass is 315 g/mol. The molecule has 2 aromatic rings. The molecule has 6 heteroatoms. The van der Waals surface area contributed by atoms with Gasteiger partial charge < -0.3 is 9.42 Å². The predicted octanol–water partition coefficient (Wildman–Crippen LogP) is 2.53. The van der Waals surface area contributed by atoms with E-state index in [0.717, 1.165) is 61.5 Å². The summed E-state index contributed by atoms with van der Waals surface area (Å²) in [5.74, 6) is 3.27. The molecule has 0 unspecified atom stereocenters. The Balaban J connectivity index is 1.62. The highest BCUT2D eigenvalue weighted by Gasteiger charge is 2.20. The average Bonchev–Trinajstić information content (AvgIpc) is 2.92. The minimum Gasteiger partial charge on any atom is -0.360 e. The SMILES string of the molecule is Cc1cc(CN2CCN(c3cc(C)nc(C(C)C)n3)CC2)on1. The molecule has 3 rings (SSSR count). The van der Waals surface area contributed by atoms with E-state index in [2.05, 4.69) is 39.9 Å². The van der Waals surface area contributed by atoms with Gasteiger partial charge in [0.1, 0.15) is 11.6 Å². The maximum Gasteiger partial charge on any atom is 0.150 e. The van der Waals surface area contributed by atoms with Crippen molar-refractivity contribution in [2.24, 2.45) is 0 Å². The second-order valence-electron chi connectivity index (χ2n) is 6.58. The van der Waals surface area contributed by atoms with Gasteiger partial charge in [-0.05, 0) is 13.8 Å². The molecule has 1 aliphatic heterocycles. The van der Waals surface area contributed by atoms with Gasteiger partial charge >= 0.3 is 0 Å². The minimum absolute atomic E-state index is 0.352. The fraction of sp³-hybridized carbons (Fsp3) is 0.588. The average molecular weight is 315 g/mol. The number of nitrogens with zero attached hydrogens (tertiary/aromatic N) is 5. The van der Waals surface area contributed by atoms with Crippen molar-refractivity contribution in [3.05, 3.63) is 35.1 Å². The predicted molar refractivity (Wildman–Crippen MR) is 89.6 cm³/mol. The molecule has 2 aromatic heterocycles. The highest BCUT2D eigenvalue weighted by atomic mass is 16.5. The Morgan fingerprint density at radius 3 is 2.39 bits per heavy atom. The van der Waals surface area contributed by atoms with Gasteiger partial charge in [0.15, 0.2) is 5.76 Å². The summed E-state index contributed by atoms with van der Waals surface area (Å²) in [7, 11) is 0. The number of aromatic nitrogens is 3. The van der Waals surface area contributed by atoms with Crippen molar-refractivity contribution in [2.45, 2.75) is 40.2 Å². The van der Waals surface area contributed by atoms with Crippen molar-refractivity contribution in [3.8, 4) is 0 Å². The van der Waals surface area contributed by atoms with E-state index in [1.807, 2.05) is 19.9 Å². The van der Waals surface area contributed by atoms with Crippen molar-refractivity contribution in [3.63, 3.8) is 0 Å². The Morgan fingerprint density at radius 2 is 1.78 bits per heavy atom. The Kier molecular flexibility index (Phi) is 4.61. The first kappa shape index (κ1) is 15.9. The maximum atomic E-state index is 5.31. The van der Waals surface area contributed by atoms with Gasteiger partial charge in [0.2, 0.25) is 0 Å². The largest absolute Gasteiger partial charge is 0.360 e. The molecule has 0 spiro atoms. The smallest absolute Gasteiger partial charge is 0.150 e. The summed E-state index contributed by atoms with van der Waals surface area (Å²) in [5, 5.41) is 3.95. The van der Waals surface area contributed by atoms with E-state index in [0.29, 0.717) is 5.92 Å². The molecule has 0 aromatic carbocycles. The van der Waals surface area contributed by atoms with Gasteiger partial charge in [-0.25, -0.2) is 9.97 Å². The third-order valence-corrected chi connectivity index (χ3v) is 4.13. The molecule has 0 amide bonds. The summed E-state index contributed by atoms with van der Waals surface area (Å²) in [4.78, 5) is 14.0. The lowest BCUT2D eigenvalue weighted by Gasteiger charge is -2.35. The van der Waals surface area contributed by atoms with Crippen LogP contribution < -0.4 is 4.90 Å². The molecule has 0 N–H and O–H groups in total. The quantitative estimate of drug-likeness (QED) is 0.864. The summed E-state index contributed by atoms with van der Waals surface area (Å²) >= 11 is 0. The van der Waals surface area contributed by atoms with E-state index in [1.54, 1.807) is 0 Å². The molecule has 0 aliphatic carbocycles. The minimum atomic E-state index is 0.352. The normalized spacial score (nSPS) is 16.3. The summed E-state index contributed by atoms with van der Waals surface area (Å²) in [6.45, 7) is 13.0. The van der Waals surface area contributed by atoms with E-state index in [1.165, 1.54) is 0 Å². The van der Waals surface area contributed by atoms with Crippen LogP contribution in [0.15, 0.2) is 16.7 Å². The fourth-order valence-electron chi connectivity index (χ4n) is 2.84. The first-order chi connectivity index (χ1) is 11.0. The Morgan fingerprint density at radius 1 is 1.04 bits per heavy atom. The van der Waals surface area contributed by atoms with E-state index < -0.39 is 0 Å². The molecule has 0 bridgehead atoms. The third-order valence-electron chi connectivity index (χ3n) is 4.13. The van der Waals surface area contributed by atoms with Crippen LogP contribution in [0, 0.1) is 13.8 Å².